The topological polar surface area (TPSA) is 73.0 Å². The van der Waals surface area contributed by atoms with Gasteiger partial charge < -0.3 is 5.32 Å². The van der Waals surface area contributed by atoms with Crippen molar-refractivity contribution in [3.8, 4) is 0 Å². The van der Waals surface area contributed by atoms with Gasteiger partial charge in [0.1, 0.15) is 6.20 Å². The molecular weight excluding hydrogens is 220 g/mol. The molecule has 1 aliphatic carbocycles. The minimum Gasteiger partial charge on any atom is -0.363 e. The average molecular weight is 238 g/mol. The van der Waals surface area contributed by atoms with Crippen LogP contribution in [0.4, 0.5) is 11.5 Å². The molecular formula is C11H18N4O2. The van der Waals surface area contributed by atoms with E-state index < -0.39 is 4.92 Å². The summed E-state index contributed by atoms with van der Waals surface area (Å²) in [7, 11) is 1.69. The van der Waals surface area contributed by atoms with Gasteiger partial charge in [-0.25, -0.2) is 0 Å². The van der Waals surface area contributed by atoms with Crippen molar-refractivity contribution in [1.82, 2.24) is 9.78 Å². The van der Waals surface area contributed by atoms with Gasteiger partial charge in [-0.1, -0.05) is 19.3 Å². The van der Waals surface area contributed by atoms with Gasteiger partial charge in [0.25, 0.3) is 0 Å². The third kappa shape index (κ3) is 2.95. The smallest absolute Gasteiger partial charge is 0.330 e. The van der Waals surface area contributed by atoms with Crippen molar-refractivity contribution < 1.29 is 4.92 Å². The van der Waals surface area contributed by atoms with Crippen LogP contribution in [0, 0.1) is 16.0 Å². The number of anilines is 1. The number of hydrogen-bond acceptors (Lipinski definition) is 4. The van der Waals surface area contributed by atoms with Crippen molar-refractivity contribution in [2.24, 2.45) is 13.0 Å². The summed E-state index contributed by atoms with van der Waals surface area (Å²) in [5.41, 5.74) is 0.0586. The second-order valence-electron chi connectivity index (χ2n) is 4.68. The minimum absolute atomic E-state index is 0.0586. The van der Waals surface area contributed by atoms with E-state index in [1.807, 2.05) is 0 Å². The van der Waals surface area contributed by atoms with Gasteiger partial charge in [-0.05, 0) is 18.8 Å². The van der Waals surface area contributed by atoms with E-state index in [-0.39, 0.29) is 5.69 Å². The third-order valence-electron chi connectivity index (χ3n) is 3.29. The zero-order valence-electron chi connectivity index (χ0n) is 10.1. The fourth-order valence-corrected chi connectivity index (χ4v) is 2.37. The molecule has 1 fully saturated rings. The predicted octanol–water partition coefficient (Wildman–Crippen LogP) is 2.32. The summed E-state index contributed by atoms with van der Waals surface area (Å²) < 4.78 is 1.47. The van der Waals surface area contributed by atoms with E-state index >= 15 is 0 Å². The van der Waals surface area contributed by atoms with Crippen molar-refractivity contribution in [2.75, 3.05) is 11.9 Å². The second-order valence-corrected chi connectivity index (χ2v) is 4.68. The highest BCUT2D eigenvalue weighted by molar-refractivity contribution is 5.54. The lowest BCUT2D eigenvalue weighted by Crippen LogP contribution is -2.17. The van der Waals surface area contributed by atoms with Gasteiger partial charge in [-0.2, -0.15) is 0 Å². The summed E-state index contributed by atoms with van der Waals surface area (Å²) >= 11 is 0. The van der Waals surface area contributed by atoms with Crippen molar-refractivity contribution in [3.63, 3.8) is 0 Å². The molecule has 1 aliphatic rings. The molecule has 94 valence electrons. The first kappa shape index (κ1) is 11.9. The molecule has 6 heteroatoms. The van der Waals surface area contributed by atoms with Crippen molar-refractivity contribution >= 4 is 11.5 Å². The molecule has 6 nitrogen and oxygen atoms in total. The van der Waals surface area contributed by atoms with Crippen LogP contribution in [0.3, 0.4) is 0 Å². The fraction of sp³-hybridized carbons (Fsp3) is 0.727. The lowest BCUT2D eigenvalue weighted by Gasteiger charge is -2.21. The number of aromatic nitrogens is 2. The molecule has 0 aromatic carbocycles. The maximum atomic E-state index is 10.8. The normalized spacial score (nSPS) is 17.0. The summed E-state index contributed by atoms with van der Waals surface area (Å²) in [6.45, 7) is 0.790. The fourth-order valence-electron chi connectivity index (χ4n) is 2.37. The third-order valence-corrected chi connectivity index (χ3v) is 3.29. The van der Waals surface area contributed by atoms with Crippen molar-refractivity contribution in [3.05, 3.63) is 16.3 Å². The Morgan fingerprint density at radius 2 is 2.24 bits per heavy atom. The zero-order chi connectivity index (χ0) is 12.3. The molecule has 0 aliphatic heterocycles. The van der Waals surface area contributed by atoms with Crippen molar-refractivity contribution in [1.29, 1.82) is 0 Å². The average Bonchev–Trinajstić information content (AvgIpc) is 2.69. The van der Waals surface area contributed by atoms with Crippen LogP contribution >= 0.6 is 0 Å². The van der Waals surface area contributed by atoms with Gasteiger partial charge in [0.2, 0.25) is 5.82 Å². The van der Waals surface area contributed by atoms with Crippen LogP contribution in [0.1, 0.15) is 32.1 Å². The van der Waals surface area contributed by atoms with E-state index in [1.54, 1.807) is 7.05 Å². The van der Waals surface area contributed by atoms with Crippen LogP contribution < -0.4 is 5.32 Å². The van der Waals surface area contributed by atoms with E-state index in [0.717, 1.165) is 6.54 Å². The summed E-state index contributed by atoms with van der Waals surface area (Å²) in [4.78, 5) is 10.4. The molecule has 0 saturated heterocycles. The van der Waals surface area contributed by atoms with E-state index in [2.05, 4.69) is 10.4 Å². The lowest BCUT2D eigenvalue weighted by atomic mass is 9.89. The number of nitrogens with one attached hydrogen (secondary N) is 1. The minimum atomic E-state index is -0.393. The molecule has 0 unspecified atom stereocenters. The Kier molecular flexibility index (Phi) is 3.61. The van der Waals surface area contributed by atoms with E-state index in [1.165, 1.54) is 43.0 Å². The molecule has 1 N–H and O–H groups in total. The number of nitrogens with zero attached hydrogens (tertiary/aromatic N) is 3. The first-order valence-electron chi connectivity index (χ1n) is 6.08. The molecule has 17 heavy (non-hydrogen) atoms. The first-order valence-corrected chi connectivity index (χ1v) is 6.08. The van der Waals surface area contributed by atoms with Crippen LogP contribution in [0.5, 0.6) is 0 Å². The van der Waals surface area contributed by atoms with Crippen LogP contribution in [0.15, 0.2) is 6.20 Å². The summed E-state index contributed by atoms with van der Waals surface area (Å²) in [6.07, 6.45) is 7.73. The molecule has 2 rings (SSSR count). The van der Waals surface area contributed by atoms with Gasteiger partial charge in [0, 0.05) is 13.6 Å². The van der Waals surface area contributed by atoms with Gasteiger partial charge >= 0.3 is 5.69 Å². The number of hydrogen-bond donors (Lipinski definition) is 1. The Morgan fingerprint density at radius 1 is 1.53 bits per heavy atom. The molecule has 0 amide bonds. The SMILES string of the molecule is Cn1cc([N+](=O)[O-])c(NCC2CCCCC2)n1. The van der Waals surface area contributed by atoms with Gasteiger partial charge in [0.05, 0.1) is 4.92 Å². The summed E-state index contributed by atoms with van der Waals surface area (Å²) in [5.74, 6) is 1.02. The van der Waals surface area contributed by atoms with E-state index in [9.17, 15) is 10.1 Å². The Bertz CT molecular complexity index is 396. The zero-order valence-corrected chi connectivity index (χ0v) is 10.1. The standard InChI is InChI=1S/C11H18N4O2/c1-14-8-10(15(16)17)11(13-14)12-7-9-5-3-2-4-6-9/h8-9H,2-7H2,1H3,(H,12,13). The molecule has 0 atom stereocenters. The Morgan fingerprint density at radius 3 is 2.88 bits per heavy atom. The largest absolute Gasteiger partial charge is 0.363 e. The van der Waals surface area contributed by atoms with Gasteiger partial charge in [-0.15, -0.1) is 5.10 Å². The van der Waals surface area contributed by atoms with Crippen LogP contribution in [-0.4, -0.2) is 21.2 Å². The molecule has 1 aromatic rings. The molecule has 0 bridgehead atoms. The summed E-state index contributed by atoms with van der Waals surface area (Å²) in [5, 5.41) is 18.0. The summed E-state index contributed by atoms with van der Waals surface area (Å²) in [6, 6.07) is 0. The van der Waals surface area contributed by atoms with Gasteiger partial charge in [-0.3, -0.25) is 14.8 Å². The Balaban J connectivity index is 1.95. The molecule has 1 saturated carbocycles. The maximum Gasteiger partial charge on any atom is 0.330 e. The quantitative estimate of drug-likeness (QED) is 0.645. The number of rotatable bonds is 4. The lowest BCUT2D eigenvalue weighted by molar-refractivity contribution is -0.384. The van der Waals surface area contributed by atoms with Crippen LogP contribution in [-0.2, 0) is 7.05 Å². The molecule has 0 radical (unpaired) electrons. The predicted molar refractivity (Wildman–Crippen MR) is 64.9 cm³/mol. The number of aryl methyl sites for hydroxylation is 1. The highest BCUT2D eigenvalue weighted by Gasteiger charge is 2.20. The number of nitro groups is 1. The Hall–Kier alpha value is -1.59. The molecule has 1 aromatic heterocycles. The van der Waals surface area contributed by atoms with Crippen LogP contribution in [0.2, 0.25) is 0 Å². The van der Waals surface area contributed by atoms with E-state index in [0.29, 0.717) is 11.7 Å². The monoisotopic (exact) mass is 238 g/mol. The van der Waals surface area contributed by atoms with Gasteiger partial charge in [0.15, 0.2) is 0 Å². The van der Waals surface area contributed by atoms with Crippen LogP contribution in [0.25, 0.3) is 0 Å². The first-order chi connectivity index (χ1) is 8.16. The van der Waals surface area contributed by atoms with Crippen molar-refractivity contribution in [2.45, 2.75) is 32.1 Å². The Labute approximate surface area is 100 Å². The van der Waals surface area contributed by atoms with E-state index in [4.69, 9.17) is 0 Å². The molecule has 1 heterocycles. The highest BCUT2D eigenvalue weighted by Crippen LogP contribution is 2.26. The maximum absolute atomic E-state index is 10.8. The molecule has 0 spiro atoms. The highest BCUT2D eigenvalue weighted by atomic mass is 16.6. The second kappa shape index (κ2) is 5.16.